The fourth-order valence-corrected chi connectivity index (χ4v) is 0.618. The van der Waals surface area contributed by atoms with Gasteiger partial charge in [-0.05, 0) is 5.53 Å². The molecule has 0 rings (SSSR count). The van der Waals surface area contributed by atoms with Crippen LogP contribution in [0.5, 0.6) is 0 Å². The van der Waals surface area contributed by atoms with Gasteiger partial charge in [0.05, 0.1) is 26.4 Å². The van der Waals surface area contributed by atoms with E-state index < -0.39 is 0 Å². The summed E-state index contributed by atoms with van der Waals surface area (Å²) < 4.78 is 14.5. The third-order valence-electron chi connectivity index (χ3n) is 1.17. The molecule has 7 heteroatoms. The van der Waals surface area contributed by atoms with Crippen molar-refractivity contribution in [2.75, 3.05) is 39.6 Å². The van der Waals surface area contributed by atoms with Gasteiger partial charge in [-0.3, -0.25) is 0 Å². The van der Waals surface area contributed by atoms with Crippen molar-refractivity contribution in [1.29, 1.82) is 5.26 Å². The van der Waals surface area contributed by atoms with Crippen molar-refractivity contribution < 1.29 is 14.2 Å². The lowest BCUT2D eigenvalue weighted by atomic mass is 10.7. The van der Waals surface area contributed by atoms with Crippen LogP contribution in [0.25, 0.3) is 10.4 Å². The molecule has 0 atom stereocenters. The summed E-state index contributed by atoms with van der Waals surface area (Å²) in [6.07, 6.45) is 1.54. The Morgan fingerprint density at radius 2 is 1.79 bits per heavy atom. The van der Waals surface area contributed by atoms with Gasteiger partial charge in [-0.2, -0.15) is 5.26 Å². The summed E-state index contributed by atoms with van der Waals surface area (Å²) in [5.41, 5.74) is 7.93. The van der Waals surface area contributed by atoms with E-state index in [0.717, 1.165) is 0 Å². The van der Waals surface area contributed by atoms with Crippen LogP contribution in [0.15, 0.2) is 5.11 Å². The minimum atomic E-state index is 0.259. The molecule has 0 aromatic carbocycles. The molecule has 0 bridgehead atoms. The second-order valence-electron chi connectivity index (χ2n) is 2.12. The van der Waals surface area contributed by atoms with E-state index in [9.17, 15) is 0 Å². The molecule has 0 aliphatic carbocycles. The highest BCUT2D eigenvalue weighted by molar-refractivity contribution is 4.46. The monoisotopic (exact) mass is 200 g/mol. The van der Waals surface area contributed by atoms with Crippen LogP contribution in [0.2, 0.25) is 0 Å². The van der Waals surface area contributed by atoms with Gasteiger partial charge in [0, 0.05) is 11.5 Å². The van der Waals surface area contributed by atoms with Gasteiger partial charge < -0.3 is 14.2 Å². The third kappa shape index (κ3) is 10.5. The molecule has 0 aromatic rings. The van der Waals surface area contributed by atoms with Crippen molar-refractivity contribution in [3.05, 3.63) is 10.4 Å². The zero-order valence-corrected chi connectivity index (χ0v) is 7.76. The lowest BCUT2D eigenvalue weighted by molar-refractivity contribution is 0.0347. The van der Waals surface area contributed by atoms with E-state index in [1.54, 1.807) is 0 Å². The molecule has 14 heavy (non-hydrogen) atoms. The highest BCUT2D eigenvalue weighted by atomic mass is 16.5. The van der Waals surface area contributed by atoms with E-state index in [1.807, 2.05) is 0 Å². The Morgan fingerprint density at radius 3 is 2.43 bits per heavy atom. The first-order chi connectivity index (χ1) is 6.91. The molecular weight excluding hydrogens is 188 g/mol. The minimum Gasteiger partial charge on any atom is -0.425 e. The minimum absolute atomic E-state index is 0.259. The molecule has 0 N–H and O–H groups in total. The average Bonchev–Trinajstić information content (AvgIpc) is 2.21. The average molecular weight is 200 g/mol. The largest absolute Gasteiger partial charge is 0.425 e. The van der Waals surface area contributed by atoms with Crippen molar-refractivity contribution in [3.63, 3.8) is 0 Å². The standard InChI is InChI=1S/C7H12N4O3/c8-7-14-6-5-13-4-3-12-2-1-10-11-9/h1-6H2. The Bertz CT molecular complexity index is 209. The van der Waals surface area contributed by atoms with Gasteiger partial charge >= 0.3 is 0 Å². The lowest BCUT2D eigenvalue weighted by Gasteiger charge is -2.03. The fraction of sp³-hybridized carbons (Fsp3) is 0.857. The molecule has 0 aliphatic heterocycles. The summed E-state index contributed by atoms with van der Waals surface area (Å²) in [5, 5.41) is 11.3. The Hall–Kier alpha value is -1.48. The van der Waals surface area contributed by atoms with Crippen LogP contribution < -0.4 is 0 Å². The quantitative estimate of drug-likeness (QED) is 0.181. The molecule has 0 radical (unpaired) electrons. The van der Waals surface area contributed by atoms with E-state index in [-0.39, 0.29) is 6.61 Å². The zero-order chi connectivity index (χ0) is 10.5. The van der Waals surface area contributed by atoms with Gasteiger partial charge in [0.25, 0.3) is 6.26 Å². The number of nitrogens with zero attached hydrogens (tertiary/aromatic N) is 4. The van der Waals surface area contributed by atoms with Crippen LogP contribution in [-0.4, -0.2) is 39.6 Å². The molecule has 0 saturated carbocycles. The van der Waals surface area contributed by atoms with Crippen molar-refractivity contribution in [2.24, 2.45) is 5.11 Å². The maximum absolute atomic E-state index is 8.00. The second kappa shape index (κ2) is 11.5. The van der Waals surface area contributed by atoms with Crippen molar-refractivity contribution >= 4 is 0 Å². The molecule has 0 aromatic heterocycles. The predicted molar refractivity (Wildman–Crippen MR) is 47.2 cm³/mol. The first-order valence-electron chi connectivity index (χ1n) is 4.09. The summed E-state index contributed by atoms with van der Waals surface area (Å²) in [6, 6.07) is 0. The first kappa shape index (κ1) is 12.5. The normalized spacial score (nSPS) is 8.79. The molecule has 7 nitrogen and oxygen atoms in total. The molecule has 0 spiro atoms. The smallest absolute Gasteiger partial charge is 0.286 e. The van der Waals surface area contributed by atoms with E-state index in [4.69, 9.17) is 20.3 Å². The zero-order valence-electron chi connectivity index (χ0n) is 7.76. The highest BCUT2D eigenvalue weighted by Gasteiger charge is 1.89. The molecule has 0 unspecified atom stereocenters. The number of azide groups is 1. The Morgan fingerprint density at radius 1 is 1.14 bits per heavy atom. The first-order valence-corrected chi connectivity index (χ1v) is 4.09. The van der Waals surface area contributed by atoms with E-state index in [0.29, 0.717) is 33.0 Å². The predicted octanol–water partition coefficient (Wildman–Crippen LogP) is 0.828. The Kier molecular flexibility index (Phi) is 10.3. The molecule has 0 saturated heterocycles. The molecule has 0 heterocycles. The van der Waals surface area contributed by atoms with Crippen LogP contribution >= 0.6 is 0 Å². The molecule has 0 fully saturated rings. The SMILES string of the molecule is N#COCCOCCOCCN=[N+]=[N-]. The summed E-state index contributed by atoms with van der Waals surface area (Å²) in [4.78, 5) is 2.57. The molecule has 78 valence electrons. The number of nitriles is 1. The van der Waals surface area contributed by atoms with Gasteiger partial charge in [-0.1, -0.05) is 5.11 Å². The lowest BCUT2D eigenvalue weighted by Crippen LogP contribution is -2.09. The number of rotatable bonds is 9. The maximum atomic E-state index is 8.00. The van der Waals surface area contributed by atoms with Crippen LogP contribution in [0, 0.1) is 11.5 Å². The molecular formula is C7H12N4O3. The number of ether oxygens (including phenoxy) is 3. The van der Waals surface area contributed by atoms with Gasteiger partial charge in [0.15, 0.2) is 0 Å². The molecule has 0 amide bonds. The van der Waals surface area contributed by atoms with Gasteiger partial charge in [-0.15, -0.1) is 0 Å². The third-order valence-corrected chi connectivity index (χ3v) is 1.17. The maximum Gasteiger partial charge on any atom is 0.286 e. The van der Waals surface area contributed by atoms with Crippen molar-refractivity contribution in [2.45, 2.75) is 0 Å². The van der Waals surface area contributed by atoms with E-state index in [2.05, 4.69) is 14.8 Å². The van der Waals surface area contributed by atoms with Crippen LogP contribution in [0.3, 0.4) is 0 Å². The van der Waals surface area contributed by atoms with Crippen LogP contribution in [-0.2, 0) is 14.2 Å². The topological polar surface area (TPSA) is 100 Å². The summed E-state index contributed by atoms with van der Waals surface area (Å²) in [7, 11) is 0. The second-order valence-corrected chi connectivity index (χ2v) is 2.12. The van der Waals surface area contributed by atoms with Gasteiger partial charge in [-0.25, -0.2) is 0 Å². The van der Waals surface area contributed by atoms with Gasteiger partial charge in [0.2, 0.25) is 0 Å². The van der Waals surface area contributed by atoms with E-state index >= 15 is 0 Å². The number of hydrogen-bond donors (Lipinski definition) is 0. The van der Waals surface area contributed by atoms with Crippen LogP contribution in [0.4, 0.5) is 0 Å². The van der Waals surface area contributed by atoms with Crippen molar-refractivity contribution in [3.8, 4) is 6.26 Å². The number of hydrogen-bond acceptors (Lipinski definition) is 5. The Balaban J connectivity index is 2.92. The summed E-state index contributed by atoms with van der Waals surface area (Å²) in [6.45, 7) is 2.22. The summed E-state index contributed by atoms with van der Waals surface area (Å²) in [5.74, 6) is 0. The summed E-state index contributed by atoms with van der Waals surface area (Å²) >= 11 is 0. The van der Waals surface area contributed by atoms with Gasteiger partial charge in [0.1, 0.15) is 6.61 Å². The molecule has 0 aliphatic rings. The van der Waals surface area contributed by atoms with Crippen LogP contribution in [0.1, 0.15) is 0 Å². The van der Waals surface area contributed by atoms with Crippen molar-refractivity contribution in [1.82, 2.24) is 0 Å². The fourth-order valence-electron chi connectivity index (χ4n) is 0.618. The Labute approximate surface area is 81.8 Å². The highest BCUT2D eigenvalue weighted by Crippen LogP contribution is 1.81. The van der Waals surface area contributed by atoms with E-state index in [1.165, 1.54) is 6.26 Å².